The third-order valence-electron chi connectivity index (χ3n) is 3.47. The van der Waals surface area contributed by atoms with Crippen LogP contribution < -0.4 is 4.72 Å². The average molecular weight is 389 g/mol. The largest absolute Gasteiger partial charge is 0.273 e. The molecule has 0 aliphatic rings. The Morgan fingerprint density at radius 3 is 2.68 bits per heavy atom. The minimum absolute atomic E-state index is 0.110. The van der Waals surface area contributed by atoms with Gasteiger partial charge in [0.25, 0.3) is 0 Å². The van der Waals surface area contributed by atoms with Crippen LogP contribution in [0.2, 0.25) is 0 Å². The zero-order valence-corrected chi connectivity index (χ0v) is 17.2. The van der Waals surface area contributed by atoms with Gasteiger partial charge in [0, 0.05) is 23.6 Å². The first-order valence-corrected chi connectivity index (χ1v) is 9.90. The lowest BCUT2D eigenvalue weighted by molar-refractivity contribution is 0.652. The number of nitrogens with zero attached hydrogens (tertiary/aromatic N) is 1. The van der Waals surface area contributed by atoms with Gasteiger partial charge in [-0.3, -0.25) is 4.99 Å². The molecule has 2 nitrogen and oxygen atoms in total. The maximum atomic E-state index is 5.40. The molecule has 28 heavy (non-hydrogen) atoms. The van der Waals surface area contributed by atoms with E-state index in [1.807, 2.05) is 61.6 Å². The van der Waals surface area contributed by atoms with Crippen LogP contribution in [0, 0.1) is 12.3 Å². The molecule has 1 N–H and O–H groups in total. The third kappa shape index (κ3) is 11.0. The fourth-order valence-corrected chi connectivity index (χ4v) is 3.01. The summed E-state index contributed by atoms with van der Waals surface area (Å²) in [6, 6.07) is 10.3. The maximum absolute atomic E-state index is 5.40. The van der Waals surface area contributed by atoms with E-state index in [-0.39, 0.29) is 6.17 Å². The van der Waals surface area contributed by atoms with Gasteiger partial charge in [-0.25, -0.2) is 4.72 Å². The molecule has 0 amide bonds. The van der Waals surface area contributed by atoms with E-state index in [4.69, 9.17) is 6.42 Å². The van der Waals surface area contributed by atoms with Crippen LogP contribution in [0.25, 0.3) is 0 Å². The second kappa shape index (κ2) is 15.3. The van der Waals surface area contributed by atoms with Crippen LogP contribution in [0.5, 0.6) is 0 Å². The van der Waals surface area contributed by atoms with Crippen molar-refractivity contribution < 1.29 is 0 Å². The number of terminal acetylenes is 1. The lowest BCUT2D eigenvalue weighted by Gasteiger charge is -2.16. The van der Waals surface area contributed by atoms with E-state index in [0.29, 0.717) is 0 Å². The van der Waals surface area contributed by atoms with Crippen LogP contribution in [-0.2, 0) is 6.42 Å². The van der Waals surface area contributed by atoms with Crippen LogP contribution in [0.1, 0.15) is 18.9 Å². The average Bonchev–Trinajstić information content (AvgIpc) is 2.69. The molecule has 3 heteroatoms. The van der Waals surface area contributed by atoms with E-state index >= 15 is 0 Å². The summed E-state index contributed by atoms with van der Waals surface area (Å²) in [7, 11) is 0. The first kappa shape index (κ1) is 23.2. The Labute approximate surface area is 174 Å². The van der Waals surface area contributed by atoms with Crippen molar-refractivity contribution in [3.05, 3.63) is 108 Å². The van der Waals surface area contributed by atoms with Crippen molar-refractivity contribution in [1.82, 2.24) is 4.72 Å². The molecule has 1 atom stereocenters. The Bertz CT molecular complexity index is 790. The highest BCUT2D eigenvalue weighted by Crippen LogP contribution is 2.18. The van der Waals surface area contributed by atoms with Gasteiger partial charge in [-0.2, -0.15) is 0 Å². The van der Waals surface area contributed by atoms with Gasteiger partial charge in [0.1, 0.15) is 6.17 Å². The lowest BCUT2D eigenvalue weighted by atomic mass is 10.0. The summed E-state index contributed by atoms with van der Waals surface area (Å²) < 4.78 is 3.38. The quantitative estimate of drug-likeness (QED) is 0.151. The Hall–Kier alpha value is -2.80. The standard InChI is InChI=1S/C25H28N2S/c1-5-8-9-10-14-19-26-25(27-28-24(15-6-2)16-7-3)21-22(4)20-23-17-12-11-13-18-23/h2,5,7-19,25,27H,1,4,20-21H2,3H3/b9-8-,14-10+,16-7-,24-15+,26-19+. The molecule has 0 spiro atoms. The Balaban J connectivity index is 2.76. The van der Waals surface area contributed by atoms with Crippen molar-refractivity contribution in [3.63, 3.8) is 0 Å². The second-order valence-corrected chi connectivity index (χ2v) is 6.78. The Kier molecular flexibility index (Phi) is 12.7. The summed E-state index contributed by atoms with van der Waals surface area (Å²) in [6.07, 6.45) is 23.6. The minimum atomic E-state index is -0.110. The monoisotopic (exact) mass is 388 g/mol. The van der Waals surface area contributed by atoms with Crippen LogP contribution in [0.15, 0.2) is 108 Å². The molecule has 1 unspecified atom stereocenters. The van der Waals surface area contributed by atoms with Gasteiger partial charge in [0.15, 0.2) is 0 Å². The molecular formula is C25H28N2S. The first-order valence-electron chi connectivity index (χ1n) is 9.09. The molecule has 0 heterocycles. The molecule has 0 radical (unpaired) electrons. The number of rotatable bonds is 12. The normalized spacial score (nSPS) is 13.5. The van der Waals surface area contributed by atoms with Gasteiger partial charge < -0.3 is 0 Å². The van der Waals surface area contributed by atoms with Gasteiger partial charge in [-0.05, 0) is 36.9 Å². The summed E-state index contributed by atoms with van der Waals surface area (Å²) >= 11 is 1.47. The molecule has 0 fully saturated rings. The van der Waals surface area contributed by atoms with Crippen molar-refractivity contribution >= 4 is 18.2 Å². The zero-order chi connectivity index (χ0) is 20.5. The van der Waals surface area contributed by atoms with Crippen LogP contribution in [0.4, 0.5) is 0 Å². The van der Waals surface area contributed by atoms with Gasteiger partial charge in [0.05, 0.1) is 0 Å². The van der Waals surface area contributed by atoms with E-state index in [9.17, 15) is 0 Å². The summed E-state index contributed by atoms with van der Waals surface area (Å²) in [5.41, 5.74) is 2.37. The van der Waals surface area contributed by atoms with E-state index in [0.717, 1.165) is 23.3 Å². The molecule has 0 saturated carbocycles. The highest BCUT2D eigenvalue weighted by atomic mass is 32.2. The smallest absolute Gasteiger partial charge is 0.112 e. The molecule has 1 rings (SSSR count). The number of hydrogen-bond acceptors (Lipinski definition) is 3. The summed E-state index contributed by atoms with van der Waals surface area (Å²) in [6.45, 7) is 9.84. The number of aliphatic imine (C=N–C) groups is 1. The highest BCUT2D eigenvalue weighted by Gasteiger charge is 2.09. The highest BCUT2D eigenvalue weighted by molar-refractivity contribution is 8.01. The Morgan fingerprint density at radius 2 is 2.00 bits per heavy atom. The summed E-state index contributed by atoms with van der Waals surface area (Å²) in [5.74, 6) is 2.56. The van der Waals surface area contributed by atoms with Gasteiger partial charge >= 0.3 is 0 Å². The number of allylic oxidation sites excluding steroid dienone is 8. The lowest BCUT2D eigenvalue weighted by Crippen LogP contribution is -2.22. The maximum Gasteiger partial charge on any atom is 0.112 e. The van der Waals surface area contributed by atoms with Crippen LogP contribution >= 0.6 is 11.9 Å². The molecular weight excluding hydrogens is 360 g/mol. The predicted molar refractivity (Wildman–Crippen MR) is 127 cm³/mol. The fourth-order valence-electron chi connectivity index (χ4n) is 2.26. The molecule has 0 aromatic heterocycles. The SMILES string of the molecule is C#C/C=C(\C=C/C)SNC(CC(=C)Cc1ccccc1)/N=C/C=C/C=C\C=C. The van der Waals surface area contributed by atoms with Gasteiger partial charge in [0.2, 0.25) is 0 Å². The first-order chi connectivity index (χ1) is 13.7. The zero-order valence-electron chi connectivity index (χ0n) is 16.4. The predicted octanol–water partition coefficient (Wildman–Crippen LogP) is 6.20. The van der Waals surface area contributed by atoms with Crippen LogP contribution in [-0.4, -0.2) is 12.4 Å². The Morgan fingerprint density at radius 1 is 1.25 bits per heavy atom. The summed E-state index contributed by atoms with van der Waals surface area (Å²) in [5, 5.41) is 0. The molecule has 144 valence electrons. The van der Waals surface area contributed by atoms with Crippen molar-refractivity contribution in [2.24, 2.45) is 4.99 Å². The number of benzene rings is 1. The third-order valence-corrected chi connectivity index (χ3v) is 4.35. The number of nitrogens with one attached hydrogen (secondary N) is 1. The molecule has 1 aromatic carbocycles. The van der Waals surface area contributed by atoms with E-state index in [1.54, 1.807) is 18.4 Å². The number of hydrogen-bond donors (Lipinski definition) is 1. The minimum Gasteiger partial charge on any atom is -0.273 e. The molecule has 0 saturated heterocycles. The topological polar surface area (TPSA) is 24.4 Å². The summed E-state index contributed by atoms with van der Waals surface area (Å²) in [4.78, 5) is 5.59. The van der Waals surface area contributed by atoms with Gasteiger partial charge in [-0.1, -0.05) is 91.4 Å². The molecule has 0 bridgehead atoms. The van der Waals surface area contributed by atoms with Crippen molar-refractivity contribution in [3.8, 4) is 12.3 Å². The van der Waals surface area contributed by atoms with E-state index < -0.39 is 0 Å². The van der Waals surface area contributed by atoms with Crippen molar-refractivity contribution in [1.29, 1.82) is 0 Å². The van der Waals surface area contributed by atoms with Crippen LogP contribution in [0.3, 0.4) is 0 Å². The molecule has 0 aliphatic carbocycles. The second-order valence-electron chi connectivity index (χ2n) is 5.87. The van der Waals surface area contributed by atoms with E-state index in [2.05, 4.69) is 40.9 Å². The molecule has 1 aromatic rings. The van der Waals surface area contributed by atoms with Crippen molar-refractivity contribution in [2.45, 2.75) is 25.9 Å². The molecule has 0 aliphatic heterocycles. The van der Waals surface area contributed by atoms with E-state index in [1.165, 1.54) is 17.5 Å². The van der Waals surface area contributed by atoms with Crippen molar-refractivity contribution in [2.75, 3.05) is 0 Å². The van der Waals surface area contributed by atoms with Gasteiger partial charge in [-0.15, -0.1) is 6.42 Å². The fraction of sp³-hybridized carbons (Fsp3) is 0.160.